The predicted octanol–water partition coefficient (Wildman–Crippen LogP) is 2.37. The maximum atomic E-state index is 13.3. The van der Waals surface area contributed by atoms with Crippen molar-refractivity contribution >= 4 is 11.8 Å². The minimum absolute atomic E-state index is 0.0337. The summed E-state index contributed by atoms with van der Waals surface area (Å²) in [7, 11) is 4.25. The number of piperidine rings is 1. The second-order valence-corrected chi connectivity index (χ2v) is 8.59. The van der Waals surface area contributed by atoms with Crippen LogP contribution in [-0.2, 0) is 16.0 Å². The highest BCUT2D eigenvalue weighted by molar-refractivity contribution is 5.85. The van der Waals surface area contributed by atoms with E-state index in [1.165, 1.54) is 12.1 Å². The standard InChI is InChI=1S/C25H33FN4O2/c1-29-13-11-22(12-14-29)30(2)18-23(20-8-4-3-5-9-20)28-25(32)17-27-24(31)16-19-7-6-10-21(26)15-19/h3-10,15,22-23H,11-14,16-18H2,1-2H3,(H,27,31)(H,28,32). The van der Waals surface area contributed by atoms with Crippen LogP contribution in [0.15, 0.2) is 54.6 Å². The number of hydrogen-bond donors (Lipinski definition) is 2. The van der Waals surface area contributed by atoms with Gasteiger partial charge in [-0.2, -0.15) is 0 Å². The Hall–Kier alpha value is -2.77. The first-order chi connectivity index (χ1) is 15.4. The topological polar surface area (TPSA) is 64.7 Å². The minimum Gasteiger partial charge on any atom is -0.347 e. The van der Waals surface area contributed by atoms with Crippen LogP contribution in [0, 0.1) is 5.82 Å². The minimum atomic E-state index is -0.382. The van der Waals surface area contributed by atoms with Crippen LogP contribution in [0.2, 0.25) is 0 Å². The van der Waals surface area contributed by atoms with E-state index in [0.717, 1.165) is 31.5 Å². The molecule has 32 heavy (non-hydrogen) atoms. The van der Waals surface area contributed by atoms with Crippen LogP contribution in [0.3, 0.4) is 0 Å². The van der Waals surface area contributed by atoms with E-state index in [2.05, 4.69) is 34.5 Å². The number of rotatable bonds is 9. The van der Waals surface area contributed by atoms with Crippen LogP contribution in [0.25, 0.3) is 0 Å². The summed E-state index contributed by atoms with van der Waals surface area (Å²) >= 11 is 0. The van der Waals surface area contributed by atoms with Crippen molar-refractivity contribution in [1.82, 2.24) is 20.4 Å². The summed E-state index contributed by atoms with van der Waals surface area (Å²) in [4.78, 5) is 29.5. The van der Waals surface area contributed by atoms with Crippen molar-refractivity contribution in [2.45, 2.75) is 31.3 Å². The molecule has 3 rings (SSSR count). The Labute approximate surface area is 189 Å². The molecule has 7 heteroatoms. The average Bonchev–Trinajstić information content (AvgIpc) is 2.78. The lowest BCUT2D eigenvalue weighted by atomic mass is 10.0. The van der Waals surface area contributed by atoms with Gasteiger partial charge in [-0.25, -0.2) is 4.39 Å². The summed E-state index contributed by atoms with van der Waals surface area (Å²) in [5.74, 6) is -0.943. The van der Waals surface area contributed by atoms with Gasteiger partial charge in [0, 0.05) is 12.6 Å². The first-order valence-electron chi connectivity index (χ1n) is 11.1. The van der Waals surface area contributed by atoms with Gasteiger partial charge in [0.05, 0.1) is 19.0 Å². The number of benzene rings is 2. The van der Waals surface area contributed by atoms with Gasteiger partial charge in [0.1, 0.15) is 5.82 Å². The summed E-state index contributed by atoms with van der Waals surface area (Å²) < 4.78 is 13.3. The van der Waals surface area contributed by atoms with Crippen molar-refractivity contribution in [3.05, 3.63) is 71.5 Å². The monoisotopic (exact) mass is 440 g/mol. The van der Waals surface area contributed by atoms with E-state index in [9.17, 15) is 14.0 Å². The van der Waals surface area contributed by atoms with Gasteiger partial charge in [0.2, 0.25) is 11.8 Å². The molecular formula is C25H33FN4O2. The number of likely N-dealkylation sites (tertiary alicyclic amines) is 1. The first kappa shape index (κ1) is 23.9. The molecular weight excluding hydrogens is 407 g/mol. The van der Waals surface area contributed by atoms with Crippen LogP contribution in [-0.4, -0.2) is 67.9 Å². The van der Waals surface area contributed by atoms with Crippen molar-refractivity contribution in [2.24, 2.45) is 0 Å². The van der Waals surface area contributed by atoms with E-state index in [0.29, 0.717) is 18.2 Å². The van der Waals surface area contributed by atoms with Crippen molar-refractivity contribution in [3.8, 4) is 0 Å². The van der Waals surface area contributed by atoms with Gasteiger partial charge >= 0.3 is 0 Å². The van der Waals surface area contributed by atoms with Gasteiger partial charge in [0.25, 0.3) is 0 Å². The van der Waals surface area contributed by atoms with E-state index in [1.807, 2.05) is 30.3 Å². The van der Waals surface area contributed by atoms with Crippen molar-refractivity contribution in [3.63, 3.8) is 0 Å². The summed E-state index contributed by atoms with van der Waals surface area (Å²) in [5.41, 5.74) is 1.61. The highest BCUT2D eigenvalue weighted by atomic mass is 19.1. The van der Waals surface area contributed by atoms with Gasteiger partial charge in [-0.05, 0) is 63.3 Å². The van der Waals surface area contributed by atoms with E-state index in [1.54, 1.807) is 12.1 Å². The summed E-state index contributed by atoms with van der Waals surface area (Å²) in [6.07, 6.45) is 2.25. The number of amides is 2. The fourth-order valence-corrected chi connectivity index (χ4v) is 4.11. The first-order valence-corrected chi connectivity index (χ1v) is 11.1. The molecule has 0 aromatic heterocycles. The molecule has 172 valence electrons. The molecule has 1 heterocycles. The fraction of sp³-hybridized carbons (Fsp3) is 0.440. The number of nitrogens with zero attached hydrogens (tertiary/aromatic N) is 2. The quantitative estimate of drug-likeness (QED) is 0.629. The van der Waals surface area contributed by atoms with Crippen LogP contribution < -0.4 is 10.6 Å². The number of nitrogens with one attached hydrogen (secondary N) is 2. The number of hydrogen-bond acceptors (Lipinski definition) is 4. The molecule has 2 N–H and O–H groups in total. The second-order valence-electron chi connectivity index (χ2n) is 8.59. The van der Waals surface area contributed by atoms with E-state index in [-0.39, 0.29) is 36.6 Å². The number of halogens is 1. The van der Waals surface area contributed by atoms with Gasteiger partial charge in [-0.3, -0.25) is 9.59 Å². The zero-order valence-electron chi connectivity index (χ0n) is 18.9. The van der Waals surface area contributed by atoms with Crippen molar-refractivity contribution in [2.75, 3.05) is 40.3 Å². The molecule has 0 spiro atoms. The number of likely N-dealkylation sites (N-methyl/N-ethyl adjacent to an activating group) is 1. The highest BCUT2D eigenvalue weighted by Crippen LogP contribution is 2.19. The summed E-state index contributed by atoms with van der Waals surface area (Å²) in [6.45, 7) is 2.74. The zero-order valence-corrected chi connectivity index (χ0v) is 18.9. The molecule has 1 unspecified atom stereocenters. The smallest absolute Gasteiger partial charge is 0.239 e. The molecule has 0 bridgehead atoms. The molecule has 1 fully saturated rings. The molecule has 0 aliphatic carbocycles. The largest absolute Gasteiger partial charge is 0.347 e. The fourth-order valence-electron chi connectivity index (χ4n) is 4.11. The van der Waals surface area contributed by atoms with E-state index in [4.69, 9.17) is 0 Å². The SMILES string of the molecule is CN1CCC(N(C)CC(NC(=O)CNC(=O)Cc2cccc(F)c2)c2ccccc2)CC1. The molecule has 2 aromatic rings. The van der Waals surface area contributed by atoms with Crippen LogP contribution >= 0.6 is 0 Å². The molecule has 1 saturated heterocycles. The van der Waals surface area contributed by atoms with E-state index < -0.39 is 0 Å². The Morgan fingerprint density at radius 3 is 2.50 bits per heavy atom. The van der Waals surface area contributed by atoms with Crippen molar-refractivity contribution in [1.29, 1.82) is 0 Å². The van der Waals surface area contributed by atoms with E-state index >= 15 is 0 Å². The van der Waals surface area contributed by atoms with Crippen LogP contribution in [0.5, 0.6) is 0 Å². The Morgan fingerprint density at radius 2 is 1.81 bits per heavy atom. The normalized spacial score (nSPS) is 16.0. The third-order valence-electron chi connectivity index (χ3n) is 6.02. The Morgan fingerprint density at radius 1 is 1.09 bits per heavy atom. The molecule has 1 aliphatic rings. The third-order valence-corrected chi connectivity index (χ3v) is 6.02. The third kappa shape index (κ3) is 7.43. The molecule has 0 saturated carbocycles. The lowest BCUT2D eigenvalue weighted by molar-refractivity contribution is -0.126. The molecule has 2 aromatic carbocycles. The Bertz CT molecular complexity index is 885. The second kappa shape index (κ2) is 11.7. The summed E-state index contributed by atoms with van der Waals surface area (Å²) in [5, 5.41) is 5.71. The Balaban J connectivity index is 1.54. The van der Waals surface area contributed by atoms with Gasteiger partial charge in [0.15, 0.2) is 0 Å². The molecule has 0 radical (unpaired) electrons. The maximum absolute atomic E-state index is 13.3. The maximum Gasteiger partial charge on any atom is 0.239 e. The number of carbonyl (C=O) groups is 2. The number of carbonyl (C=O) groups excluding carboxylic acids is 2. The summed E-state index contributed by atoms with van der Waals surface area (Å²) in [6, 6.07) is 16.1. The lowest BCUT2D eigenvalue weighted by Crippen LogP contribution is -2.46. The molecule has 6 nitrogen and oxygen atoms in total. The highest BCUT2D eigenvalue weighted by Gasteiger charge is 2.24. The van der Waals surface area contributed by atoms with Gasteiger partial charge < -0.3 is 20.4 Å². The van der Waals surface area contributed by atoms with Crippen LogP contribution in [0.4, 0.5) is 4.39 Å². The zero-order chi connectivity index (χ0) is 22.9. The molecule has 2 amide bonds. The predicted molar refractivity (Wildman–Crippen MR) is 124 cm³/mol. The average molecular weight is 441 g/mol. The molecule has 1 atom stereocenters. The Kier molecular flexibility index (Phi) is 8.76. The van der Waals surface area contributed by atoms with Crippen LogP contribution in [0.1, 0.15) is 30.0 Å². The molecule has 1 aliphatic heterocycles. The van der Waals surface area contributed by atoms with Crippen molar-refractivity contribution < 1.29 is 14.0 Å². The van der Waals surface area contributed by atoms with Gasteiger partial charge in [-0.15, -0.1) is 0 Å². The van der Waals surface area contributed by atoms with Gasteiger partial charge in [-0.1, -0.05) is 42.5 Å². The lowest BCUT2D eigenvalue weighted by Gasteiger charge is -2.37.